The fourth-order valence-electron chi connectivity index (χ4n) is 2.61. The molecule has 2 aliphatic rings. The Kier molecular flexibility index (Phi) is 4.28. The number of nitrogens with two attached hydrogens (primary N) is 1. The van der Waals surface area contributed by atoms with E-state index in [1.807, 2.05) is 0 Å². The highest BCUT2D eigenvalue weighted by Gasteiger charge is 2.41. The summed E-state index contributed by atoms with van der Waals surface area (Å²) in [5.41, 5.74) is 5.40. The molecular formula is C15H18N4O4. The molecule has 0 spiro atoms. The summed E-state index contributed by atoms with van der Waals surface area (Å²) in [5.74, 6) is 0.118. The molecule has 3 heterocycles. The number of anilines is 1. The quantitative estimate of drug-likeness (QED) is 0.586. The highest BCUT2D eigenvalue weighted by Crippen LogP contribution is 2.31. The van der Waals surface area contributed by atoms with E-state index in [0.29, 0.717) is 5.70 Å². The van der Waals surface area contributed by atoms with Gasteiger partial charge in [0.1, 0.15) is 24.3 Å². The lowest BCUT2D eigenvalue weighted by molar-refractivity contribution is -0.0727. The molecule has 0 amide bonds. The SMILES string of the molecule is Nc1ccn(C2C[C@H](O)[C@@H](C(O)C3=CC=CC=CN3)O2)c(=O)n1. The van der Waals surface area contributed by atoms with Crippen LogP contribution in [0, 0.1) is 0 Å². The number of ether oxygens (including phenoxy) is 1. The first-order chi connectivity index (χ1) is 11.1. The van der Waals surface area contributed by atoms with Crippen molar-refractivity contribution in [2.45, 2.75) is 31.0 Å². The number of aliphatic hydroxyl groups excluding tert-OH is 2. The lowest BCUT2D eigenvalue weighted by Gasteiger charge is -2.23. The van der Waals surface area contributed by atoms with Gasteiger partial charge in [-0.3, -0.25) is 4.57 Å². The van der Waals surface area contributed by atoms with Gasteiger partial charge in [-0.25, -0.2) is 4.79 Å². The number of aliphatic hydroxyl groups is 2. The Morgan fingerprint density at radius 2 is 2.26 bits per heavy atom. The van der Waals surface area contributed by atoms with Crippen molar-refractivity contribution < 1.29 is 14.9 Å². The summed E-state index contributed by atoms with van der Waals surface area (Å²) < 4.78 is 6.94. The Bertz CT molecular complexity index is 724. The van der Waals surface area contributed by atoms with Crippen LogP contribution in [0.3, 0.4) is 0 Å². The first-order valence-corrected chi connectivity index (χ1v) is 7.22. The van der Waals surface area contributed by atoms with Crippen LogP contribution in [0.2, 0.25) is 0 Å². The number of nitrogens with zero attached hydrogens (tertiary/aromatic N) is 2. The summed E-state index contributed by atoms with van der Waals surface area (Å²) in [7, 11) is 0. The average molecular weight is 318 g/mol. The minimum absolute atomic E-state index is 0.118. The molecule has 122 valence electrons. The Labute approximate surface area is 132 Å². The van der Waals surface area contributed by atoms with Gasteiger partial charge in [0, 0.05) is 24.5 Å². The molecule has 23 heavy (non-hydrogen) atoms. The summed E-state index contributed by atoms with van der Waals surface area (Å²) in [6, 6.07) is 1.48. The van der Waals surface area contributed by atoms with E-state index in [0.717, 1.165) is 0 Å². The topological polar surface area (TPSA) is 123 Å². The van der Waals surface area contributed by atoms with Gasteiger partial charge in [0.25, 0.3) is 0 Å². The van der Waals surface area contributed by atoms with Crippen LogP contribution >= 0.6 is 0 Å². The molecule has 0 bridgehead atoms. The van der Waals surface area contributed by atoms with Crippen molar-refractivity contribution in [2.24, 2.45) is 0 Å². The second-order valence-electron chi connectivity index (χ2n) is 5.36. The predicted molar refractivity (Wildman–Crippen MR) is 82.9 cm³/mol. The van der Waals surface area contributed by atoms with Gasteiger partial charge in [-0.2, -0.15) is 4.98 Å². The van der Waals surface area contributed by atoms with Crippen molar-refractivity contribution in [3.8, 4) is 0 Å². The minimum Gasteiger partial charge on any atom is -0.390 e. The minimum atomic E-state index is -1.06. The Hall–Kier alpha value is -2.42. The van der Waals surface area contributed by atoms with Crippen LogP contribution in [0.4, 0.5) is 5.82 Å². The third kappa shape index (κ3) is 3.19. The Morgan fingerprint density at radius 3 is 3.04 bits per heavy atom. The largest absolute Gasteiger partial charge is 0.390 e. The summed E-state index contributed by atoms with van der Waals surface area (Å²) in [6.07, 6.45) is 6.83. The zero-order chi connectivity index (χ0) is 16.4. The summed E-state index contributed by atoms with van der Waals surface area (Å²) in [6.45, 7) is 0. The number of rotatable bonds is 3. The molecule has 0 aliphatic carbocycles. The molecular weight excluding hydrogens is 300 g/mol. The molecule has 5 N–H and O–H groups in total. The number of nitrogens with one attached hydrogen (secondary N) is 1. The lowest BCUT2D eigenvalue weighted by Crippen LogP contribution is -2.39. The van der Waals surface area contributed by atoms with Crippen LogP contribution in [-0.2, 0) is 4.74 Å². The molecule has 1 fully saturated rings. The molecule has 2 unspecified atom stereocenters. The van der Waals surface area contributed by atoms with Gasteiger partial charge in [0.05, 0.1) is 6.10 Å². The number of allylic oxidation sites excluding steroid dienone is 4. The predicted octanol–water partition coefficient (Wildman–Crippen LogP) is -0.608. The van der Waals surface area contributed by atoms with Gasteiger partial charge in [0.15, 0.2) is 0 Å². The molecule has 2 aliphatic heterocycles. The van der Waals surface area contributed by atoms with Crippen LogP contribution < -0.4 is 16.7 Å². The van der Waals surface area contributed by atoms with Crippen molar-refractivity contribution in [1.82, 2.24) is 14.9 Å². The normalized spacial score (nSPS) is 28.1. The molecule has 8 nitrogen and oxygen atoms in total. The van der Waals surface area contributed by atoms with Gasteiger partial charge in [-0.05, 0) is 18.2 Å². The van der Waals surface area contributed by atoms with E-state index < -0.39 is 30.2 Å². The van der Waals surface area contributed by atoms with Gasteiger partial charge in [-0.1, -0.05) is 12.2 Å². The van der Waals surface area contributed by atoms with Gasteiger partial charge in [0.2, 0.25) is 0 Å². The summed E-state index contributed by atoms with van der Waals surface area (Å²) >= 11 is 0. The lowest BCUT2D eigenvalue weighted by atomic mass is 10.0. The van der Waals surface area contributed by atoms with Crippen LogP contribution in [0.1, 0.15) is 12.6 Å². The summed E-state index contributed by atoms with van der Waals surface area (Å²) in [5, 5.41) is 23.6. The molecule has 0 aromatic carbocycles. The molecule has 4 atom stereocenters. The van der Waals surface area contributed by atoms with Crippen LogP contribution in [0.25, 0.3) is 0 Å². The molecule has 1 aromatic rings. The van der Waals surface area contributed by atoms with Gasteiger partial charge >= 0.3 is 5.69 Å². The second-order valence-corrected chi connectivity index (χ2v) is 5.36. The highest BCUT2D eigenvalue weighted by molar-refractivity contribution is 5.25. The maximum absolute atomic E-state index is 11.9. The number of hydrogen-bond acceptors (Lipinski definition) is 7. The third-order valence-electron chi connectivity index (χ3n) is 3.77. The van der Waals surface area contributed by atoms with E-state index in [2.05, 4.69) is 10.3 Å². The van der Waals surface area contributed by atoms with Crippen molar-refractivity contribution in [2.75, 3.05) is 5.73 Å². The molecule has 0 saturated carbocycles. The number of aromatic nitrogens is 2. The molecule has 0 radical (unpaired) electrons. The molecule has 1 aromatic heterocycles. The van der Waals surface area contributed by atoms with Crippen molar-refractivity contribution >= 4 is 5.82 Å². The van der Waals surface area contributed by atoms with Crippen LogP contribution in [0.5, 0.6) is 0 Å². The van der Waals surface area contributed by atoms with E-state index in [4.69, 9.17) is 10.5 Å². The standard InChI is InChI=1S/C15H18N4O4/c16-11-5-7-19(15(22)18-11)12-8-10(20)14(23-12)13(21)9-4-2-1-3-6-17-9/h1-7,10,12-14,17,20-21H,8H2,(H2,16,18,22)/t10-,12?,13?,14-/m0/s1. The average Bonchev–Trinajstić information content (AvgIpc) is 2.74. The van der Waals surface area contributed by atoms with E-state index in [9.17, 15) is 15.0 Å². The van der Waals surface area contributed by atoms with Gasteiger partial charge in [-0.15, -0.1) is 0 Å². The Morgan fingerprint density at radius 1 is 1.43 bits per heavy atom. The van der Waals surface area contributed by atoms with E-state index in [1.54, 1.807) is 30.5 Å². The smallest absolute Gasteiger partial charge is 0.351 e. The van der Waals surface area contributed by atoms with E-state index in [1.165, 1.54) is 16.8 Å². The third-order valence-corrected chi connectivity index (χ3v) is 3.77. The number of hydrogen-bond donors (Lipinski definition) is 4. The zero-order valence-corrected chi connectivity index (χ0v) is 12.2. The van der Waals surface area contributed by atoms with Gasteiger partial charge < -0.3 is 26.0 Å². The second kappa shape index (κ2) is 6.37. The molecule has 8 heteroatoms. The zero-order valence-electron chi connectivity index (χ0n) is 12.2. The van der Waals surface area contributed by atoms with Crippen molar-refractivity contribution in [3.63, 3.8) is 0 Å². The van der Waals surface area contributed by atoms with Crippen LogP contribution in [0.15, 0.2) is 53.3 Å². The summed E-state index contributed by atoms with van der Waals surface area (Å²) in [4.78, 5) is 15.5. The first kappa shape index (κ1) is 15.5. The van der Waals surface area contributed by atoms with Crippen molar-refractivity contribution in [3.05, 3.63) is 58.9 Å². The monoisotopic (exact) mass is 318 g/mol. The Balaban J connectivity index is 1.78. The maximum Gasteiger partial charge on any atom is 0.351 e. The van der Waals surface area contributed by atoms with E-state index >= 15 is 0 Å². The maximum atomic E-state index is 11.9. The number of nitrogen functional groups attached to an aromatic ring is 1. The molecule has 3 rings (SSSR count). The molecule has 1 saturated heterocycles. The first-order valence-electron chi connectivity index (χ1n) is 7.22. The van der Waals surface area contributed by atoms with Crippen LogP contribution in [-0.4, -0.2) is 38.1 Å². The fraction of sp³-hybridized carbons (Fsp3) is 0.333. The highest BCUT2D eigenvalue weighted by atomic mass is 16.5. The fourth-order valence-corrected chi connectivity index (χ4v) is 2.61. The van der Waals surface area contributed by atoms with E-state index in [-0.39, 0.29) is 12.2 Å². The van der Waals surface area contributed by atoms with Crippen molar-refractivity contribution in [1.29, 1.82) is 0 Å².